The van der Waals surface area contributed by atoms with E-state index in [0.717, 1.165) is 12.0 Å². The molecule has 1 saturated heterocycles. The number of likely N-dealkylation sites (tertiary alicyclic amines) is 1. The summed E-state index contributed by atoms with van der Waals surface area (Å²) < 4.78 is 5.70. The van der Waals surface area contributed by atoms with Crippen molar-refractivity contribution >= 4 is 11.8 Å². The van der Waals surface area contributed by atoms with E-state index in [4.69, 9.17) is 10.2 Å². The Bertz CT molecular complexity index is 781. The highest BCUT2D eigenvalue weighted by Gasteiger charge is 2.40. The quantitative estimate of drug-likeness (QED) is 0.887. The average molecular weight is 342 g/mol. The molecule has 0 unspecified atom stereocenters. The van der Waals surface area contributed by atoms with Gasteiger partial charge in [-0.15, -0.1) is 0 Å². The van der Waals surface area contributed by atoms with Gasteiger partial charge in [-0.1, -0.05) is 31.2 Å². The van der Waals surface area contributed by atoms with Crippen molar-refractivity contribution in [2.75, 3.05) is 13.1 Å². The van der Waals surface area contributed by atoms with Crippen molar-refractivity contribution in [3.05, 3.63) is 47.7 Å². The smallest absolute Gasteiger partial charge is 0.289 e. The molecule has 1 aliphatic heterocycles. The summed E-state index contributed by atoms with van der Waals surface area (Å²) in [6.45, 7) is 2.43. The lowest BCUT2D eigenvalue weighted by Crippen LogP contribution is -2.57. The Labute approximate surface area is 146 Å². The van der Waals surface area contributed by atoms with Crippen LogP contribution in [0.4, 0.5) is 0 Å². The minimum absolute atomic E-state index is 0.109. The fourth-order valence-electron chi connectivity index (χ4n) is 3.08. The van der Waals surface area contributed by atoms with Crippen molar-refractivity contribution in [3.8, 4) is 11.3 Å². The van der Waals surface area contributed by atoms with Gasteiger partial charge < -0.3 is 20.2 Å². The number of primary amides is 1. The van der Waals surface area contributed by atoms with Gasteiger partial charge in [-0.2, -0.15) is 0 Å². The summed E-state index contributed by atoms with van der Waals surface area (Å²) in [7, 11) is 0. The van der Waals surface area contributed by atoms with Gasteiger partial charge >= 0.3 is 0 Å². The molecule has 3 rings (SSSR count). The van der Waals surface area contributed by atoms with Crippen LogP contribution < -0.4 is 5.73 Å². The molecule has 0 aliphatic carbocycles. The monoisotopic (exact) mass is 342 g/mol. The van der Waals surface area contributed by atoms with Gasteiger partial charge in [0.1, 0.15) is 5.76 Å². The molecule has 0 bridgehead atoms. The molecular weight excluding hydrogens is 320 g/mol. The number of benzene rings is 1. The van der Waals surface area contributed by atoms with Gasteiger partial charge in [0.2, 0.25) is 0 Å². The van der Waals surface area contributed by atoms with Crippen molar-refractivity contribution in [1.29, 1.82) is 0 Å². The summed E-state index contributed by atoms with van der Waals surface area (Å²) in [5.41, 5.74) is 5.71. The number of carbonyl (C=O) groups excluding carboxylic acids is 2. The van der Waals surface area contributed by atoms with Crippen LogP contribution in [0.25, 0.3) is 11.3 Å². The first kappa shape index (κ1) is 17.2. The zero-order valence-electron chi connectivity index (χ0n) is 14.2. The Balaban J connectivity index is 1.77. The van der Waals surface area contributed by atoms with Gasteiger partial charge in [0.15, 0.2) is 11.4 Å². The lowest BCUT2D eigenvalue weighted by molar-refractivity contribution is -0.140. The molecule has 2 amide bonds. The van der Waals surface area contributed by atoms with Gasteiger partial charge in [-0.3, -0.25) is 9.59 Å². The molecule has 3 N–H and O–H groups in total. The number of nitrogens with two attached hydrogens (primary N) is 1. The first-order valence-corrected chi connectivity index (χ1v) is 8.43. The maximum absolute atomic E-state index is 12.6. The largest absolute Gasteiger partial charge is 0.451 e. The second-order valence-corrected chi connectivity index (χ2v) is 6.44. The number of aryl methyl sites for hydroxylation is 1. The van der Waals surface area contributed by atoms with Crippen molar-refractivity contribution in [2.45, 2.75) is 31.8 Å². The van der Waals surface area contributed by atoms with Crippen LogP contribution in [0.1, 0.15) is 35.9 Å². The minimum Gasteiger partial charge on any atom is -0.451 e. The Hall–Kier alpha value is -2.60. The Kier molecular flexibility index (Phi) is 4.63. The van der Waals surface area contributed by atoms with E-state index in [9.17, 15) is 14.7 Å². The number of amides is 2. The summed E-state index contributed by atoms with van der Waals surface area (Å²) in [5, 5.41) is 10.2. The zero-order valence-corrected chi connectivity index (χ0v) is 14.2. The van der Waals surface area contributed by atoms with E-state index in [1.165, 1.54) is 10.5 Å². The molecular formula is C19H22N2O4. The van der Waals surface area contributed by atoms with E-state index >= 15 is 0 Å². The van der Waals surface area contributed by atoms with Crippen molar-refractivity contribution in [1.82, 2.24) is 4.90 Å². The Morgan fingerprint density at radius 1 is 1.24 bits per heavy atom. The van der Waals surface area contributed by atoms with Crippen molar-refractivity contribution < 1.29 is 19.1 Å². The van der Waals surface area contributed by atoms with Crippen LogP contribution >= 0.6 is 0 Å². The lowest BCUT2D eigenvalue weighted by Gasteiger charge is -2.36. The third kappa shape index (κ3) is 3.44. The fourth-order valence-corrected chi connectivity index (χ4v) is 3.08. The number of furan rings is 1. The summed E-state index contributed by atoms with van der Waals surface area (Å²) in [4.78, 5) is 25.5. The number of β-amino-alcohol motifs (C(OH)–C–C–N with tert-alkyl or cyclic N) is 1. The second-order valence-electron chi connectivity index (χ2n) is 6.44. The Morgan fingerprint density at radius 3 is 2.60 bits per heavy atom. The number of hydrogen-bond acceptors (Lipinski definition) is 4. The molecule has 1 atom stereocenters. The number of carbonyl (C=O) groups is 2. The summed E-state index contributed by atoms with van der Waals surface area (Å²) in [6.07, 6.45) is 1.73. The van der Waals surface area contributed by atoms with Crippen molar-refractivity contribution in [2.24, 2.45) is 5.73 Å². The van der Waals surface area contributed by atoms with Crippen LogP contribution in [0.2, 0.25) is 0 Å². The van der Waals surface area contributed by atoms with Gasteiger partial charge in [0, 0.05) is 12.1 Å². The Morgan fingerprint density at radius 2 is 1.96 bits per heavy atom. The molecule has 0 radical (unpaired) electrons. The van der Waals surface area contributed by atoms with Crippen LogP contribution in [0, 0.1) is 0 Å². The van der Waals surface area contributed by atoms with Gasteiger partial charge in [0.25, 0.3) is 11.8 Å². The average Bonchev–Trinajstić information content (AvgIpc) is 3.11. The maximum atomic E-state index is 12.6. The van der Waals surface area contributed by atoms with E-state index in [0.29, 0.717) is 18.7 Å². The second kappa shape index (κ2) is 6.72. The molecule has 0 saturated carbocycles. The van der Waals surface area contributed by atoms with Crippen LogP contribution in [0.15, 0.2) is 40.8 Å². The maximum Gasteiger partial charge on any atom is 0.289 e. The highest BCUT2D eigenvalue weighted by Crippen LogP contribution is 2.26. The molecule has 25 heavy (non-hydrogen) atoms. The first-order chi connectivity index (χ1) is 11.9. The molecule has 132 valence electrons. The number of hydrogen-bond donors (Lipinski definition) is 2. The molecule has 6 heteroatoms. The van der Waals surface area contributed by atoms with Crippen LogP contribution in [-0.2, 0) is 11.2 Å². The molecule has 1 aromatic heterocycles. The zero-order chi connectivity index (χ0) is 18.0. The molecule has 6 nitrogen and oxygen atoms in total. The van der Waals surface area contributed by atoms with Crippen LogP contribution in [0.3, 0.4) is 0 Å². The van der Waals surface area contributed by atoms with Gasteiger partial charge in [-0.05, 0) is 37.0 Å². The molecule has 2 heterocycles. The van der Waals surface area contributed by atoms with E-state index in [1.807, 2.05) is 24.3 Å². The third-order valence-corrected chi connectivity index (χ3v) is 4.68. The van der Waals surface area contributed by atoms with E-state index in [-0.39, 0.29) is 24.6 Å². The molecule has 1 aromatic carbocycles. The topological polar surface area (TPSA) is 96.8 Å². The van der Waals surface area contributed by atoms with E-state index in [2.05, 4.69) is 6.92 Å². The predicted molar refractivity (Wildman–Crippen MR) is 92.8 cm³/mol. The van der Waals surface area contributed by atoms with E-state index in [1.54, 1.807) is 12.1 Å². The highest BCUT2D eigenvalue weighted by molar-refractivity contribution is 5.93. The minimum atomic E-state index is -1.67. The number of nitrogens with zero attached hydrogens (tertiary/aromatic N) is 1. The highest BCUT2D eigenvalue weighted by atomic mass is 16.4. The number of aliphatic hydroxyl groups is 1. The van der Waals surface area contributed by atoms with Crippen LogP contribution in [-0.4, -0.2) is 40.5 Å². The third-order valence-electron chi connectivity index (χ3n) is 4.68. The number of rotatable bonds is 4. The predicted octanol–water partition coefficient (Wildman–Crippen LogP) is 1.96. The standard InChI is InChI=1S/C19H22N2O4/c1-2-13-4-6-14(7-5-13)15-8-9-16(25-15)17(22)21-11-3-10-19(24,12-21)18(20)23/h4-9,24H,2-3,10-12H2,1H3,(H2,20,23)/t19-/m1/s1. The lowest BCUT2D eigenvalue weighted by atomic mass is 9.92. The normalized spacial score (nSPS) is 20.5. The fraction of sp³-hybridized carbons (Fsp3) is 0.368. The SMILES string of the molecule is CCc1ccc(-c2ccc(C(=O)N3CCC[C@](O)(C(N)=O)C3)o2)cc1. The molecule has 0 spiro atoms. The van der Waals surface area contributed by atoms with Gasteiger partial charge in [-0.25, -0.2) is 0 Å². The number of piperidine rings is 1. The van der Waals surface area contributed by atoms with Crippen molar-refractivity contribution in [3.63, 3.8) is 0 Å². The summed E-state index contributed by atoms with van der Waals surface area (Å²) >= 11 is 0. The summed E-state index contributed by atoms with van der Waals surface area (Å²) in [6, 6.07) is 11.3. The molecule has 1 aliphatic rings. The van der Waals surface area contributed by atoms with E-state index < -0.39 is 11.5 Å². The molecule has 2 aromatic rings. The first-order valence-electron chi connectivity index (χ1n) is 8.43. The molecule has 1 fully saturated rings. The van der Waals surface area contributed by atoms with Crippen LogP contribution in [0.5, 0.6) is 0 Å². The van der Waals surface area contributed by atoms with Gasteiger partial charge in [0.05, 0.1) is 6.54 Å². The summed E-state index contributed by atoms with van der Waals surface area (Å²) in [5.74, 6) is -0.367.